The van der Waals surface area contributed by atoms with Crippen LogP contribution in [0, 0.1) is 6.92 Å². The van der Waals surface area contributed by atoms with E-state index in [1.807, 2.05) is 56.3 Å². The molecular weight excluding hydrogens is 328 g/mol. The first kappa shape index (κ1) is 17.7. The molecule has 3 aromatic rings. The molecule has 134 valence electrons. The Bertz CT molecular complexity index is 920. The Kier molecular flexibility index (Phi) is 5.37. The number of carbonyl (C=O) groups is 1. The Hall–Kier alpha value is -3.08. The highest BCUT2D eigenvalue weighted by atomic mass is 16.5. The van der Waals surface area contributed by atoms with E-state index in [9.17, 15) is 4.79 Å². The fourth-order valence-electron chi connectivity index (χ4n) is 2.71. The zero-order valence-corrected chi connectivity index (χ0v) is 15.2. The molecule has 0 amide bonds. The third kappa shape index (κ3) is 3.77. The summed E-state index contributed by atoms with van der Waals surface area (Å²) in [7, 11) is 0. The van der Waals surface area contributed by atoms with E-state index < -0.39 is 5.97 Å². The Morgan fingerprint density at radius 2 is 1.85 bits per heavy atom. The summed E-state index contributed by atoms with van der Waals surface area (Å²) in [5.41, 5.74) is 3.89. The van der Waals surface area contributed by atoms with Gasteiger partial charge in [0.2, 0.25) is 0 Å². The van der Waals surface area contributed by atoms with E-state index in [2.05, 4.69) is 10.3 Å². The molecule has 1 aromatic heterocycles. The molecule has 0 radical (unpaired) electrons. The first-order valence-electron chi connectivity index (χ1n) is 8.68. The van der Waals surface area contributed by atoms with Crippen LogP contribution in [0.4, 0.5) is 11.4 Å². The lowest BCUT2D eigenvalue weighted by molar-refractivity contribution is 0.0527. The molecule has 0 aliphatic heterocycles. The molecule has 0 bridgehead atoms. The van der Waals surface area contributed by atoms with Crippen molar-refractivity contribution < 1.29 is 14.3 Å². The minimum atomic E-state index is -0.404. The number of ether oxygens (including phenoxy) is 2. The number of pyridine rings is 1. The van der Waals surface area contributed by atoms with Crippen LogP contribution in [0.5, 0.6) is 5.75 Å². The molecule has 0 spiro atoms. The SMILES string of the molecule is CCOC(=O)c1cnc2ccc(OCC)cc2c1Nc1ccc(C)cc1. The van der Waals surface area contributed by atoms with Gasteiger partial charge in [0.05, 0.1) is 24.4 Å². The zero-order chi connectivity index (χ0) is 18.5. The van der Waals surface area contributed by atoms with Crippen molar-refractivity contribution in [3.63, 3.8) is 0 Å². The summed E-state index contributed by atoms with van der Waals surface area (Å²) in [6, 6.07) is 13.6. The average Bonchev–Trinajstić information content (AvgIpc) is 2.64. The molecule has 1 N–H and O–H groups in total. The van der Waals surface area contributed by atoms with Crippen LogP contribution in [0.3, 0.4) is 0 Å². The number of nitrogens with zero attached hydrogens (tertiary/aromatic N) is 1. The van der Waals surface area contributed by atoms with Crippen LogP contribution in [0.1, 0.15) is 29.8 Å². The second-order valence-electron chi connectivity index (χ2n) is 5.87. The summed E-state index contributed by atoms with van der Waals surface area (Å²) in [6.07, 6.45) is 1.55. The smallest absolute Gasteiger partial charge is 0.341 e. The van der Waals surface area contributed by atoms with Crippen molar-refractivity contribution in [2.45, 2.75) is 20.8 Å². The van der Waals surface area contributed by atoms with Gasteiger partial charge >= 0.3 is 5.97 Å². The summed E-state index contributed by atoms with van der Waals surface area (Å²) in [5.74, 6) is 0.327. The summed E-state index contributed by atoms with van der Waals surface area (Å²) in [6.45, 7) is 6.62. The van der Waals surface area contributed by atoms with E-state index in [0.717, 1.165) is 22.3 Å². The van der Waals surface area contributed by atoms with Gasteiger partial charge in [0.1, 0.15) is 11.3 Å². The molecular formula is C21H22N2O3. The third-order valence-electron chi connectivity index (χ3n) is 3.97. The van der Waals surface area contributed by atoms with E-state index in [1.165, 1.54) is 5.56 Å². The molecule has 0 aliphatic rings. The maximum atomic E-state index is 12.4. The zero-order valence-electron chi connectivity index (χ0n) is 15.2. The van der Waals surface area contributed by atoms with E-state index in [1.54, 1.807) is 13.1 Å². The second-order valence-corrected chi connectivity index (χ2v) is 5.87. The van der Waals surface area contributed by atoms with Crippen molar-refractivity contribution in [3.05, 3.63) is 59.8 Å². The Morgan fingerprint density at radius 3 is 2.54 bits per heavy atom. The first-order valence-corrected chi connectivity index (χ1v) is 8.68. The summed E-state index contributed by atoms with van der Waals surface area (Å²) in [4.78, 5) is 16.8. The van der Waals surface area contributed by atoms with Crippen LogP contribution in [0.25, 0.3) is 10.9 Å². The van der Waals surface area contributed by atoms with Crippen LogP contribution in [-0.4, -0.2) is 24.2 Å². The summed E-state index contributed by atoms with van der Waals surface area (Å²) >= 11 is 0. The minimum absolute atomic E-state index is 0.305. The normalized spacial score (nSPS) is 10.6. The van der Waals surface area contributed by atoms with Gasteiger partial charge in [-0.15, -0.1) is 0 Å². The summed E-state index contributed by atoms with van der Waals surface area (Å²) < 4.78 is 10.8. The molecule has 0 unspecified atom stereocenters. The Labute approximate surface area is 153 Å². The van der Waals surface area contributed by atoms with Crippen molar-refractivity contribution in [1.82, 2.24) is 4.98 Å². The topological polar surface area (TPSA) is 60.5 Å². The van der Waals surface area contributed by atoms with Gasteiger partial charge in [0.15, 0.2) is 0 Å². The highest BCUT2D eigenvalue weighted by Gasteiger charge is 2.17. The van der Waals surface area contributed by atoms with Gasteiger partial charge in [-0.2, -0.15) is 0 Å². The van der Waals surface area contributed by atoms with E-state index in [0.29, 0.717) is 24.5 Å². The molecule has 5 nitrogen and oxygen atoms in total. The fourth-order valence-corrected chi connectivity index (χ4v) is 2.71. The van der Waals surface area contributed by atoms with Gasteiger partial charge in [-0.3, -0.25) is 4.98 Å². The molecule has 0 atom stereocenters. The standard InChI is InChI=1S/C21H22N2O3/c1-4-25-16-10-11-19-17(12-16)20(18(13-22-19)21(24)26-5-2)23-15-8-6-14(3)7-9-15/h6-13H,4-5H2,1-3H3,(H,22,23). The molecule has 26 heavy (non-hydrogen) atoms. The van der Waals surface area contributed by atoms with E-state index in [-0.39, 0.29) is 0 Å². The van der Waals surface area contributed by atoms with Crippen LogP contribution >= 0.6 is 0 Å². The Morgan fingerprint density at radius 1 is 1.08 bits per heavy atom. The number of fused-ring (bicyclic) bond motifs is 1. The monoisotopic (exact) mass is 350 g/mol. The average molecular weight is 350 g/mol. The molecule has 0 fully saturated rings. The number of esters is 1. The number of carbonyl (C=O) groups excluding carboxylic acids is 1. The van der Waals surface area contributed by atoms with Crippen LogP contribution < -0.4 is 10.1 Å². The number of benzene rings is 2. The van der Waals surface area contributed by atoms with Crippen molar-refractivity contribution in [3.8, 4) is 5.75 Å². The number of aryl methyl sites for hydroxylation is 1. The maximum Gasteiger partial charge on any atom is 0.341 e. The fraction of sp³-hybridized carbons (Fsp3) is 0.238. The predicted molar refractivity (Wildman–Crippen MR) is 103 cm³/mol. The van der Waals surface area contributed by atoms with E-state index in [4.69, 9.17) is 9.47 Å². The molecule has 1 heterocycles. The highest BCUT2D eigenvalue weighted by Crippen LogP contribution is 2.32. The van der Waals surface area contributed by atoms with Crippen LogP contribution in [0.2, 0.25) is 0 Å². The Balaban J connectivity index is 2.15. The number of rotatable bonds is 6. The van der Waals surface area contributed by atoms with Gasteiger partial charge < -0.3 is 14.8 Å². The number of hydrogen-bond donors (Lipinski definition) is 1. The number of anilines is 2. The van der Waals surface area contributed by atoms with Crippen molar-refractivity contribution >= 4 is 28.2 Å². The molecule has 0 saturated heterocycles. The van der Waals surface area contributed by atoms with Gasteiger partial charge in [-0.1, -0.05) is 17.7 Å². The lowest BCUT2D eigenvalue weighted by atomic mass is 10.1. The van der Waals surface area contributed by atoms with Gasteiger partial charge in [-0.25, -0.2) is 4.79 Å². The molecule has 3 rings (SSSR count). The quantitative estimate of drug-likeness (QED) is 0.643. The molecule has 2 aromatic carbocycles. The third-order valence-corrected chi connectivity index (χ3v) is 3.97. The number of aromatic nitrogens is 1. The largest absolute Gasteiger partial charge is 0.494 e. The second kappa shape index (κ2) is 7.87. The van der Waals surface area contributed by atoms with Gasteiger partial charge in [0.25, 0.3) is 0 Å². The molecule has 0 saturated carbocycles. The van der Waals surface area contributed by atoms with Gasteiger partial charge in [0, 0.05) is 17.3 Å². The molecule has 5 heteroatoms. The number of nitrogens with one attached hydrogen (secondary N) is 1. The lowest BCUT2D eigenvalue weighted by Gasteiger charge is -2.15. The van der Waals surface area contributed by atoms with Crippen molar-refractivity contribution in [2.75, 3.05) is 18.5 Å². The predicted octanol–water partition coefficient (Wildman–Crippen LogP) is 4.86. The first-order chi connectivity index (χ1) is 12.6. The highest BCUT2D eigenvalue weighted by molar-refractivity contribution is 6.06. The van der Waals surface area contributed by atoms with Crippen molar-refractivity contribution in [1.29, 1.82) is 0 Å². The van der Waals surface area contributed by atoms with Crippen LogP contribution in [-0.2, 0) is 4.74 Å². The maximum absolute atomic E-state index is 12.4. The minimum Gasteiger partial charge on any atom is -0.494 e. The number of hydrogen-bond acceptors (Lipinski definition) is 5. The molecule has 0 aliphatic carbocycles. The van der Waals surface area contributed by atoms with E-state index >= 15 is 0 Å². The van der Waals surface area contributed by atoms with Crippen LogP contribution in [0.15, 0.2) is 48.7 Å². The lowest BCUT2D eigenvalue weighted by Crippen LogP contribution is -2.09. The summed E-state index contributed by atoms with van der Waals surface area (Å²) in [5, 5.41) is 4.16. The van der Waals surface area contributed by atoms with Gasteiger partial charge in [-0.05, 0) is 51.1 Å². The van der Waals surface area contributed by atoms with Crippen molar-refractivity contribution in [2.24, 2.45) is 0 Å².